The van der Waals surface area contributed by atoms with Gasteiger partial charge in [-0.05, 0) is 34.7 Å². The Morgan fingerprint density at radius 2 is 1.67 bits per heavy atom. The van der Waals surface area contributed by atoms with Crippen molar-refractivity contribution in [2.24, 2.45) is 0 Å². The third-order valence-corrected chi connectivity index (χ3v) is 5.54. The normalized spacial score (nSPS) is 11.8. The van der Waals surface area contributed by atoms with Gasteiger partial charge in [0.05, 0.1) is 15.6 Å². The van der Waals surface area contributed by atoms with Crippen LogP contribution in [0.25, 0.3) is 10.4 Å². The second kappa shape index (κ2) is 8.57. The first-order valence-corrected chi connectivity index (χ1v) is 9.70. The molecular formula is C20H15Cl2NO3S. The number of amides is 1. The van der Waals surface area contributed by atoms with Gasteiger partial charge in [-0.3, -0.25) is 4.79 Å². The van der Waals surface area contributed by atoms with E-state index in [4.69, 9.17) is 23.2 Å². The van der Waals surface area contributed by atoms with Crippen LogP contribution in [-0.2, 0) is 11.2 Å². The number of carbonyl (C=O) groups is 2. The van der Waals surface area contributed by atoms with E-state index in [1.807, 2.05) is 41.8 Å². The molecule has 27 heavy (non-hydrogen) atoms. The molecule has 0 aliphatic rings. The number of nitrogens with one attached hydrogen (secondary N) is 1. The van der Waals surface area contributed by atoms with Gasteiger partial charge in [0.25, 0.3) is 5.91 Å². The summed E-state index contributed by atoms with van der Waals surface area (Å²) in [4.78, 5) is 25.2. The first-order chi connectivity index (χ1) is 13.0. The van der Waals surface area contributed by atoms with Crippen LogP contribution in [0.3, 0.4) is 0 Å². The molecule has 0 saturated carbocycles. The van der Waals surface area contributed by atoms with Crippen molar-refractivity contribution in [2.45, 2.75) is 12.5 Å². The van der Waals surface area contributed by atoms with E-state index in [0.29, 0.717) is 0 Å². The van der Waals surface area contributed by atoms with Crippen molar-refractivity contribution in [2.75, 3.05) is 0 Å². The van der Waals surface area contributed by atoms with Crippen LogP contribution in [0.2, 0.25) is 10.0 Å². The molecule has 0 bridgehead atoms. The van der Waals surface area contributed by atoms with Crippen LogP contribution in [0.5, 0.6) is 0 Å². The Hall–Kier alpha value is -2.34. The summed E-state index contributed by atoms with van der Waals surface area (Å²) in [5.41, 5.74) is 1.93. The Kier molecular flexibility index (Phi) is 6.16. The maximum Gasteiger partial charge on any atom is 0.326 e. The van der Waals surface area contributed by atoms with E-state index in [2.05, 4.69) is 5.32 Å². The fourth-order valence-electron chi connectivity index (χ4n) is 2.63. The van der Waals surface area contributed by atoms with E-state index >= 15 is 0 Å². The number of benzene rings is 2. The fourth-order valence-corrected chi connectivity index (χ4v) is 3.93. The van der Waals surface area contributed by atoms with Gasteiger partial charge in [-0.1, -0.05) is 59.6 Å². The predicted molar refractivity (Wildman–Crippen MR) is 109 cm³/mol. The highest BCUT2D eigenvalue weighted by Crippen LogP contribution is 2.26. The zero-order chi connectivity index (χ0) is 19.4. The van der Waals surface area contributed by atoms with Crippen molar-refractivity contribution in [1.29, 1.82) is 0 Å². The molecule has 3 aromatic rings. The van der Waals surface area contributed by atoms with Gasteiger partial charge >= 0.3 is 5.97 Å². The number of rotatable bonds is 6. The molecule has 7 heteroatoms. The summed E-state index contributed by atoms with van der Waals surface area (Å²) >= 11 is 13.7. The van der Waals surface area contributed by atoms with Crippen molar-refractivity contribution in [3.63, 3.8) is 0 Å². The molecule has 138 valence electrons. The molecule has 0 unspecified atom stereocenters. The molecule has 0 spiro atoms. The lowest BCUT2D eigenvalue weighted by atomic mass is 10.0. The highest BCUT2D eigenvalue weighted by molar-refractivity contribution is 7.13. The Morgan fingerprint density at radius 1 is 1.00 bits per heavy atom. The number of carboxylic acids is 1. The Bertz CT molecular complexity index is 936. The average molecular weight is 420 g/mol. The van der Waals surface area contributed by atoms with E-state index in [9.17, 15) is 14.7 Å². The standard InChI is InChI=1S/C20H15Cl2NO3S/c21-14-3-1-4-15(22)18(14)19(24)23-16(20(25)26)11-12-6-8-13(9-7-12)17-5-2-10-27-17/h1-10,16H,11H2,(H,23,24)(H,25,26)/t16-/m0/s1. The molecule has 3 rings (SSSR count). The van der Waals surface area contributed by atoms with Crippen LogP contribution in [0.4, 0.5) is 0 Å². The number of aliphatic carboxylic acids is 1. The van der Waals surface area contributed by atoms with Crippen molar-refractivity contribution in [3.05, 3.63) is 81.1 Å². The summed E-state index contributed by atoms with van der Waals surface area (Å²) in [5, 5.41) is 14.3. The van der Waals surface area contributed by atoms with E-state index < -0.39 is 17.9 Å². The fraction of sp³-hybridized carbons (Fsp3) is 0.100. The molecule has 1 atom stereocenters. The summed E-state index contributed by atoms with van der Waals surface area (Å²) < 4.78 is 0. The summed E-state index contributed by atoms with van der Waals surface area (Å²) in [6.45, 7) is 0. The second-order valence-electron chi connectivity index (χ2n) is 5.84. The van der Waals surface area contributed by atoms with Crippen molar-refractivity contribution in [3.8, 4) is 10.4 Å². The zero-order valence-corrected chi connectivity index (χ0v) is 16.3. The molecular weight excluding hydrogens is 405 g/mol. The maximum atomic E-state index is 12.5. The third-order valence-electron chi connectivity index (χ3n) is 3.99. The summed E-state index contributed by atoms with van der Waals surface area (Å²) in [6.07, 6.45) is 0.147. The quantitative estimate of drug-likeness (QED) is 0.580. The maximum absolute atomic E-state index is 12.5. The Morgan fingerprint density at radius 3 is 2.22 bits per heavy atom. The minimum absolute atomic E-state index is 0.0696. The summed E-state index contributed by atoms with van der Waals surface area (Å²) in [5.74, 6) is -1.75. The first kappa shape index (κ1) is 19.4. The van der Waals surface area contributed by atoms with Crippen molar-refractivity contribution < 1.29 is 14.7 Å². The van der Waals surface area contributed by atoms with Crippen LogP contribution < -0.4 is 5.32 Å². The highest BCUT2D eigenvalue weighted by Gasteiger charge is 2.23. The Labute approximate surface area is 170 Å². The summed E-state index contributed by atoms with van der Waals surface area (Å²) in [7, 11) is 0. The van der Waals surface area contributed by atoms with Crippen molar-refractivity contribution in [1.82, 2.24) is 5.32 Å². The number of carbonyl (C=O) groups excluding carboxylic acids is 1. The SMILES string of the molecule is O=C(N[C@@H](Cc1ccc(-c2cccs2)cc1)C(=O)O)c1c(Cl)cccc1Cl. The highest BCUT2D eigenvalue weighted by atomic mass is 35.5. The van der Waals surface area contributed by atoms with Crippen molar-refractivity contribution >= 4 is 46.4 Å². The first-order valence-electron chi connectivity index (χ1n) is 8.06. The number of hydrogen-bond donors (Lipinski definition) is 2. The molecule has 2 aromatic carbocycles. The lowest BCUT2D eigenvalue weighted by Gasteiger charge is -2.16. The van der Waals surface area contributed by atoms with Gasteiger partial charge in [0.1, 0.15) is 6.04 Å². The van der Waals surface area contributed by atoms with Gasteiger partial charge in [0.15, 0.2) is 0 Å². The van der Waals surface area contributed by atoms with Crippen LogP contribution in [-0.4, -0.2) is 23.0 Å². The molecule has 1 aromatic heterocycles. The van der Waals surface area contributed by atoms with Gasteiger partial charge in [-0.2, -0.15) is 0 Å². The average Bonchev–Trinajstić information content (AvgIpc) is 3.16. The van der Waals surface area contributed by atoms with E-state index in [-0.39, 0.29) is 22.0 Å². The van der Waals surface area contributed by atoms with Gasteiger partial charge in [0.2, 0.25) is 0 Å². The molecule has 0 fully saturated rings. The number of carboxylic acid groups (broad SMARTS) is 1. The molecule has 0 aliphatic carbocycles. The largest absolute Gasteiger partial charge is 0.480 e. The molecule has 1 amide bonds. The molecule has 0 radical (unpaired) electrons. The lowest BCUT2D eigenvalue weighted by molar-refractivity contribution is -0.139. The summed E-state index contributed by atoms with van der Waals surface area (Å²) in [6, 6.07) is 15.2. The van der Waals surface area contributed by atoms with Crippen LogP contribution >= 0.6 is 34.5 Å². The minimum atomic E-state index is -1.13. The van der Waals surface area contributed by atoms with Gasteiger partial charge in [0, 0.05) is 11.3 Å². The van der Waals surface area contributed by atoms with E-state index in [0.717, 1.165) is 16.0 Å². The van der Waals surface area contributed by atoms with Gasteiger partial charge in [-0.25, -0.2) is 4.79 Å². The van der Waals surface area contributed by atoms with E-state index in [1.165, 1.54) is 12.1 Å². The third kappa shape index (κ3) is 4.69. The molecule has 2 N–H and O–H groups in total. The lowest BCUT2D eigenvalue weighted by Crippen LogP contribution is -2.42. The molecule has 0 aliphatic heterocycles. The molecule has 0 saturated heterocycles. The van der Waals surface area contributed by atoms with Crippen LogP contribution in [0.15, 0.2) is 60.0 Å². The number of halogens is 2. The Balaban J connectivity index is 1.74. The van der Waals surface area contributed by atoms with Crippen LogP contribution in [0.1, 0.15) is 15.9 Å². The molecule has 4 nitrogen and oxygen atoms in total. The minimum Gasteiger partial charge on any atom is -0.480 e. The van der Waals surface area contributed by atoms with Gasteiger partial charge < -0.3 is 10.4 Å². The smallest absolute Gasteiger partial charge is 0.326 e. The second-order valence-corrected chi connectivity index (χ2v) is 7.60. The van der Waals surface area contributed by atoms with Crippen LogP contribution in [0, 0.1) is 0 Å². The van der Waals surface area contributed by atoms with Gasteiger partial charge in [-0.15, -0.1) is 11.3 Å². The number of thiophene rings is 1. The predicted octanol–water partition coefficient (Wildman–Crippen LogP) is 5.15. The monoisotopic (exact) mass is 419 g/mol. The number of hydrogen-bond acceptors (Lipinski definition) is 3. The van der Waals surface area contributed by atoms with E-state index in [1.54, 1.807) is 17.4 Å². The molecule has 1 heterocycles. The topological polar surface area (TPSA) is 66.4 Å². The zero-order valence-electron chi connectivity index (χ0n) is 14.0.